The Balaban J connectivity index is 1.52. The summed E-state index contributed by atoms with van der Waals surface area (Å²) in [4.78, 5) is 21.6. The quantitative estimate of drug-likeness (QED) is 0.754. The first-order chi connectivity index (χ1) is 11.6. The molecule has 1 amide bonds. The number of piperazine rings is 1. The van der Waals surface area contributed by atoms with Gasteiger partial charge in [-0.15, -0.1) is 11.8 Å². The van der Waals surface area contributed by atoms with E-state index in [0.29, 0.717) is 28.9 Å². The zero-order valence-electron chi connectivity index (χ0n) is 13.0. The minimum Gasteiger partial charge on any atom is -0.353 e. The van der Waals surface area contributed by atoms with Crippen LogP contribution in [0, 0.1) is 0 Å². The monoisotopic (exact) mass is 381 g/mol. The van der Waals surface area contributed by atoms with Crippen LogP contribution in [0.2, 0.25) is 10.0 Å². The van der Waals surface area contributed by atoms with E-state index in [4.69, 9.17) is 23.2 Å². The van der Waals surface area contributed by atoms with Crippen molar-refractivity contribution in [2.75, 3.05) is 36.8 Å². The van der Waals surface area contributed by atoms with Gasteiger partial charge in [0.15, 0.2) is 0 Å². The fourth-order valence-electron chi connectivity index (χ4n) is 2.57. The summed E-state index contributed by atoms with van der Waals surface area (Å²) in [6.07, 6.45) is 1.79. The molecule has 3 rings (SSSR count). The summed E-state index contributed by atoms with van der Waals surface area (Å²) in [6.45, 7) is 2.99. The number of halogens is 2. The number of thioether (sulfide) groups is 1. The number of benzene rings is 1. The molecule has 0 spiro atoms. The highest BCUT2D eigenvalue weighted by Crippen LogP contribution is 2.33. The Morgan fingerprint density at radius 3 is 2.38 bits per heavy atom. The molecule has 24 heavy (non-hydrogen) atoms. The number of hydrogen-bond acceptors (Lipinski definition) is 4. The van der Waals surface area contributed by atoms with E-state index < -0.39 is 0 Å². The topological polar surface area (TPSA) is 36.4 Å². The van der Waals surface area contributed by atoms with Gasteiger partial charge in [0.1, 0.15) is 5.82 Å². The molecule has 1 aromatic carbocycles. The van der Waals surface area contributed by atoms with E-state index in [1.165, 1.54) is 11.8 Å². The van der Waals surface area contributed by atoms with Gasteiger partial charge in [-0.3, -0.25) is 4.79 Å². The lowest BCUT2D eigenvalue weighted by Crippen LogP contribution is -2.49. The molecule has 0 atom stereocenters. The van der Waals surface area contributed by atoms with Crippen LogP contribution in [0.4, 0.5) is 5.82 Å². The third kappa shape index (κ3) is 4.15. The second kappa shape index (κ2) is 8.10. The molecule has 0 N–H and O–H groups in total. The number of carbonyl (C=O) groups excluding carboxylic acids is 1. The summed E-state index contributed by atoms with van der Waals surface area (Å²) < 4.78 is 0. The maximum Gasteiger partial charge on any atom is 0.233 e. The molecule has 4 nitrogen and oxygen atoms in total. The predicted molar refractivity (Wildman–Crippen MR) is 100 cm³/mol. The van der Waals surface area contributed by atoms with Crippen molar-refractivity contribution in [1.82, 2.24) is 9.88 Å². The van der Waals surface area contributed by atoms with Gasteiger partial charge in [-0.05, 0) is 24.3 Å². The number of pyridine rings is 1. The molecule has 0 unspecified atom stereocenters. The molecule has 1 aliphatic heterocycles. The number of amides is 1. The predicted octanol–water partition coefficient (Wildman–Crippen LogP) is 3.83. The van der Waals surface area contributed by atoms with Crippen molar-refractivity contribution in [2.45, 2.75) is 4.90 Å². The van der Waals surface area contributed by atoms with E-state index in [9.17, 15) is 4.79 Å². The molecule has 7 heteroatoms. The maximum atomic E-state index is 12.4. The second-order valence-corrected chi connectivity index (χ2v) is 7.20. The lowest BCUT2D eigenvalue weighted by molar-refractivity contribution is -0.128. The van der Waals surface area contributed by atoms with E-state index in [0.717, 1.165) is 23.8 Å². The lowest BCUT2D eigenvalue weighted by Gasteiger charge is -2.35. The van der Waals surface area contributed by atoms with Gasteiger partial charge in [-0.2, -0.15) is 0 Å². The number of hydrogen-bond donors (Lipinski definition) is 0. The highest BCUT2D eigenvalue weighted by molar-refractivity contribution is 8.00. The van der Waals surface area contributed by atoms with E-state index in [1.54, 1.807) is 24.4 Å². The molecule has 0 saturated carbocycles. The largest absolute Gasteiger partial charge is 0.353 e. The Morgan fingerprint density at radius 1 is 1.04 bits per heavy atom. The Hall–Kier alpha value is -1.43. The van der Waals surface area contributed by atoms with Gasteiger partial charge in [-0.1, -0.05) is 35.3 Å². The van der Waals surface area contributed by atoms with E-state index in [2.05, 4.69) is 9.88 Å². The number of anilines is 1. The molecule has 0 bridgehead atoms. The minimum absolute atomic E-state index is 0.108. The molecular formula is C17H17Cl2N3OS. The molecule has 1 aromatic heterocycles. The molecule has 2 heterocycles. The van der Waals surface area contributed by atoms with Crippen LogP contribution in [0.5, 0.6) is 0 Å². The Labute approximate surface area is 155 Å². The molecule has 1 aliphatic rings. The Kier molecular flexibility index (Phi) is 5.87. The van der Waals surface area contributed by atoms with Gasteiger partial charge in [0.05, 0.1) is 15.8 Å². The molecule has 1 saturated heterocycles. The van der Waals surface area contributed by atoms with Crippen molar-refractivity contribution < 1.29 is 4.79 Å². The van der Waals surface area contributed by atoms with Gasteiger partial charge in [0.25, 0.3) is 0 Å². The lowest BCUT2D eigenvalue weighted by atomic mass is 10.3. The van der Waals surface area contributed by atoms with Crippen LogP contribution in [-0.2, 0) is 4.79 Å². The third-order valence-corrected chi connectivity index (χ3v) is 5.84. The summed E-state index contributed by atoms with van der Waals surface area (Å²) >= 11 is 13.7. The SMILES string of the molecule is O=C(CSc1c(Cl)cccc1Cl)N1CCN(c2ccccn2)CC1. The highest BCUT2D eigenvalue weighted by Gasteiger charge is 2.22. The van der Waals surface area contributed by atoms with Crippen molar-refractivity contribution in [1.29, 1.82) is 0 Å². The van der Waals surface area contributed by atoms with Crippen LogP contribution >= 0.6 is 35.0 Å². The van der Waals surface area contributed by atoms with Crippen LogP contribution in [0.15, 0.2) is 47.5 Å². The fourth-order valence-corrected chi connectivity index (χ4v) is 4.16. The van der Waals surface area contributed by atoms with Crippen molar-refractivity contribution in [2.24, 2.45) is 0 Å². The Morgan fingerprint density at radius 2 is 1.75 bits per heavy atom. The maximum absolute atomic E-state index is 12.4. The zero-order chi connectivity index (χ0) is 16.9. The smallest absolute Gasteiger partial charge is 0.233 e. The summed E-state index contributed by atoms with van der Waals surface area (Å²) in [6, 6.07) is 11.2. The fraction of sp³-hybridized carbons (Fsp3) is 0.294. The molecule has 126 valence electrons. The highest BCUT2D eigenvalue weighted by atomic mass is 35.5. The van der Waals surface area contributed by atoms with Crippen LogP contribution in [0.1, 0.15) is 0 Å². The summed E-state index contributed by atoms with van der Waals surface area (Å²) in [5, 5.41) is 1.17. The van der Waals surface area contributed by atoms with Gasteiger partial charge >= 0.3 is 0 Å². The van der Waals surface area contributed by atoms with Gasteiger partial charge in [0.2, 0.25) is 5.91 Å². The zero-order valence-corrected chi connectivity index (χ0v) is 15.3. The van der Waals surface area contributed by atoms with Crippen LogP contribution < -0.4 is 4.90 Å². The molecule has 1 fully saturated rings. The van der Waals surface area contributed by atoms with Gasteiger partial charge < -0.3 is 9.80 Å². The van der Waals surface area contributed by atoms with Gasteiger partial charge in [-0.25, -0.2) is 4.98 Å². The summed E-state index contributed by atoms with van der Waals surface area (Å²) in [5.74, 6) is 1.41. The van der Waals surface area contributed by atoms with Crippen molar-refractivity contribution in [3.05, 3.63) is 52.6 Å². The number of nitrogens with zero attached hydrogens (tertiary/aromatic N) is 3. The van der Waals surface area contributed by atoms with E-state index >= 15 is 0 Å². The molecule has 0 radical (unpaired) electrons. The van der Waals surface area contributed by atoms with Crippen molar-refractivity contribution in [3.8, 4) is 0 Å². The minimum atomic E-state index is 0.108. The first-order valence-electron chi connectivity index (χ1n) is 7.66. The van der Waals surface area contributed by atoms with Crippen molar-refractivity contribution >= 4 is 46.7 Å². The summed E-state index contributed by atoms with van der Waals surface area (Å²) in [7, 11) is 0. The van der Waals surface area contributed by atoms with Crippen LogP contribution in [0.25, 0.3) is 0 Å². The average molecular weight is 382 g/mol. The standard InChI is InChI=1S/C17H17Cl2N3OS/c18-13-4-3-5-14(19)17(13)24-12-16(23)22-10-8-21(9-11-22)15-6-1-2-7-20-15/h1-7H,8-12H2. The molecule has 0 aliphatic carbocycles. The number of aromatic nitrogens is 1. The first kappa shape index (κ1) is 17.4. The third-order valence-electron chi connectivity index (χ3n) is 3.86. The van der Waals surface area contributed by atoms with Crippen LogP contribution in [0.3, 0.4) is 0 Å². The molecular weight excluding hydrogens is 365 g/mol. The summed E-state index contributed by atoms with van der Waals surface area (Å²) in [5.41, 5.74) is 0. The number of carbonyl (C=O) groups is 1. The first-order valence-corrected chi connectivity index (χ1v) is 9.40. The second-order valence-electron chi connectivity index (χ2n) is 5.40. The molecule has 2 aromatic rings. The van der Waals surface area contributed by atoms with Crippen molar-refractivity contribution in [3.63, 3.8) is 0 Å². The number of rotatable bonds is 4. The average Bonchev–Trinajstić information content (AvgIpc) is 2.62. The van der Waals surface area contributed by atoms with Gasteiger partial charge in [0, 0.05) is 37.3 Å². The van der Waals surface area contributed by atoms with E-state index in [1.807, 2.05) is 23.1 Å². The van der Waals surface area contributed by atoms with E-state index in [-0.39, 0.29) is 5.91 Å². The normalized spacial score (nSPS) is 14.8. The van der Waals surface area contributed by atoms with Crippen LogP contribution in [-0.4, -0.2) is 47.7 Å². The Bertz CT molecular complexity index is 686.